The van der Waals surface area contributed by atoms with Crippen molar-refractivity contribution in [1.29, 1.82) is 0 Å². The lowest BCUT2D eigenvalue weighted by molar-refractivity contribution is -0.115. The summed E-state index contributed by atoms with van der Waals surface area (Å²) in [6.07, 6.45) is 3.64. The number of hydrogen-bond acceptors (Lipinski definition) is 5. The zero-order valence-corrected chi connectivity index (χ0v) is 15.8. The van der Waals surface area contributed by atoms with Crippen LogP contribution in [-0.2, 0) is 14.6 Å². The summed E-state index contributed by atoms with van der Waals surface area (Å²) in [6.45, 7) is 1.26. The summed E-state index contributed by atoms with van der Waals surface area (Å²) in [5.74, 6) is -0.449. The Labute approximate surface area is 158 Å². The monoisotopic (exact) mass is 383 g/mol. The molecule has 2 aliphatic heterocycles. The smallest absolute Gasteiger partial charge is 0.237 e. The molecular weight excluding hydrogens is 362 g/mol. The molecule has 1 fully saturated rings. The number of benzene rings is 2. The van der Waals surface area contributed by atoms with Crippen molar-refractivity contribution in [2.45, 2.75) is 17.6 Å². The molecule has 2 aromatic rings. The van der Waals surface area contributed by atoms with Gasteiger partial charge in [-0.3, -0.25) is 9.79 Å². The summed E-state index contributed by atoms with van der Waals surface area (Å²) >= 11 is 0. The third-order valence-corrected chi connectivity index (χ3v) is 6.77. The Morgan fingerprint density at radius 1 is 1.15 bits per heavy atom. The lowest BCUT2D eigenvalue weighted by atomic mass is 10.0. The van der Waals surface area contributed by atoms with E-state index < -0.39 is 9.84 Å². The van der Waals surface area contributed by atoms with Crippen LogP contribution in [0.25, 0.3) is 0 Å². The quantitative estimate of drug-likeness (QED) is 0.824. The van der Waals surface area contributed by atoms with Gasteiger partial charge in [0.2, 0.25) is 5.91 Å². The molecular formula is C20H21N3O3S. The lowest BCUT2D eigenvalue weighted by Gasteiger charge is -2.18. The SMILES string of the molecule is CS(=O)(=O)C1CCN(c2ccc(N=CC3C(=O)Nc4ccccc43)cc2)C1. The van der Waals surface area contributed by atoms with Gasteiger partial charge in [0, 0.05) is 36.9 Å². The summed E-state index contributed by atoms with van der Waals surface area (Å²) < 4.78 is 23.4. The second-order valence-electron chi connectivity index (χ2n) is 7.03. The highest BCUT2D eigenvalue weighted by atomic mass is 32.2. The zero-order chi connectivity index (χ0) is 19.0. The maximum Gasteiger partial charge on any atom is 0.237 e. The average Bonchev–Trinajstić information content (AvgIpc) is 3.25. The maximum absolute atomic E-state index is 12.1. The largest absolute Gasteiger partial charge is 0.370 e. The van der Waals surface area contributed by atoms with Crippen molar-refractivity contribution in [3.63, 3.8) is 0 Å². The molecule has 1 N–H and O–H groups in total. The minimum absolute atomic E-state index is 0.0690. The molecule has 0 aliphatic carbocycles. The second-order valence-corrected chi connectivity index (χ2v) is 9.36. The predicted molar refractivity (Wildman–Crippen MR) is 108 cm³/mol. The number of carbonyl (C=O) groups is 1. The molecule has 2 unspecified atom stereocenters. The van der Waals surface area contributed by atoms with E-state index in [1.165, 1.54) is 6.26 Å². The van der Waals surface area contributed by atoms with Crippen molar-refractivity contribution in [2.75, 3.05) is 29.6 Å². The van der Waals surface area contributed by atoms with E-state index in [0.717, 1.165) is 29.2 Å². The molecule has 2 heterocycles. The van der Waals surface area contributed by atoms with E-state index >= 15 is 0 Å². The van der Waals surface area contributed by atoms with Crippen LogP contribution < -0.4 is 10.2 Å². The Bertz CT molecular complexity index is 999. The molecule has 1 amide bonds. The molecule has 0 aromatic heterocycles. The van der Waals surface area contributed by atoms with Crippen LogP contribution in [0.15, 0.2) is 53.5 Å². The predicted octanol–water partition coefficient (Wildman–Crippen LogP) is 2.75. The number of anilines is 2. The van der Waals surface area contributed by atoms with E-state index in [1.807, 2.05) is 48.5 Å². The molecule has 0 radical (unpaired) electrons. The van der Waals surface area contributed by atoms with Crippen LogP contribution in [0.5, 0.6) is 0 Å². The van der Waals surface area contributed by atoms with E-state index in [2.05, 4.69) is 15.2 Å². The number of hydrogen-bond donors (Lipinski definition) is 1. The second kappa shape index (κ2) is 6.81. The summed E-state index contributed by atoms with van der Waals surface area (Å²) in [6, 6.07) is 15.3. The fourth-order valence-corrected chi connectivity index (χ4v) is 4.59. The van der Waals surface area contributed by atoms with Crippen molar-refractivity contribution >= 4 is 39.0 Å². The van der Waals surface area contributed by atoms with Gasteiger partial charge in [0.25, 0.3) is 0 Å². The first kappa shape index (κ1) is 17.7. The van der Waals surface area contributed by atoms with Crippen molar-refractivity contribution in [3.05, 3.63) is 54.1 Å². The van der Waals surface area contributed by atoms with Crippen molar-refractivity contribution in [3.8, 4) is 0 Å². The Kier molecular flexibility index (Phi) is 4.47. The zero-order valence-electron chi connectivity index (χ0n) is 15.0. The first-order valence-corrected chi connectivity index (χ1v) is 10.8. The molecule has 2 aliphatic rings. The van der Waals surface area contributed by atoms with E-state index in [1.54, 1.807) is 6.21 Å². The maximum atomic E-state index is 12.1. The molecule has 2 aromatic carbocycles. The number of para-hydroxylation sites is 1. The van der Waals surface area contributed by atoms with Crippen LogP contribution >= 0.6 is 0 Å². The highest BCUT2D eigenvalue weighted by Gasteiger charge is 2.30. The van der Waals surface area contributed by atoms with E-state index in [0.29, 0.717) is 13.0 Å². The highest BCUT2D eigenvalue weighted by molar-refractivity contribution is 7.91. The summed E-state index contributed by atoms with van der Waals surface area (Å²) in [5, 5.41) is 2.57. The fourth-order valence-electron chi connectivity index (χ4n) is 3.60. The van der Waals surface area contributed by atoms with Crippen LogP contribution in [-0.4, -0.2) is 45.1 Å². The third-order valence-electron chi connectivity index (χ3n) is 5.17. The number of nitrogens with one attached hydrogen (secondary N) is 1. The standard InChI is InChI=1S/C20H21N3O3S/c1-27(25,26)16-10-11-23(13-16)15-8-6-14(7-9-15)21-12-18-17-4-2-3-5-19(17)22-20(18)24/h2-9,12,16,18H,10-11,13H2,1H3,(H,22,24). The van der Waals surface area contributed by atoms with Gasteiger partial charge >= 0.3 is 0 Å². The number of rotatable bonds is 4. The van der Waals surface area contributed by atoms with Gasteiger partial charge in [-0.15, -0.1) is 0 Å². The van der Waals surface area contributed by atoms with Gasteiger partial charge in [-0.05, 0) is 42.3 Å². The number of aliphatic imine (C=N–C) groups is 1. The average molecular weight is 383 g/mol. The highest BCUT2D eigenvalue weighted by Crippen LogP contribution is 2.31. The Balaban J connectivity index is 1.46. The topological polar surface area (TPSA) is 78.8 Å². The van der Waals surface area contributed by atoms with Crippen molar-refractivity contribution in [1.82, 2.24) is 0 Å². The van der Waals surface area contributed by atoms with Gasteiger partial charge in [0.15, 0.2) is 9.84 Å². The Hall–Kier alpha value is -2.67. The van der Waals surface area contributed by atoms with Gasteiger partial charge < -0.3 is 10.2 Å². The molecule has 7 heteroatoms. The third kappa shape index (κ3) is 3.60. The summed E-state index contributed by atoms with van der Waals surface area (Å²) in [5.41, 5.74) is 3.52. The molecule has 6 nitrogen and oxygen atoms in total. The first-order valence-electron chi connectivity index (χ1n) is 8.90. The Morgan fingerprint density at radius 2 is 1.89 bits per heavy atom. The van der Waals surface area contributed by atoms with Crippen LogP contribution in [0.3, 0.4) is 0 Å². The van der Waals surface area contributed by atoms with Gasteiger partial charge in [0.1, 0.15) is 5.92 Å². The lowest BCUT2D eigenvalue weighted by Crippen LogP contribution is -2.25. The molecule has 4 rings (SSSR count). The molecule has 0 spiro atoms. The molecule has 1 saturated heterocycles. The van der Waals surface area contributed by atoms with Crippen LogP contribution in [0.4, 0.5) is 17.1 Å². The molecule has 2 atom stereocenters. The number of sulfone groups is 1. The number of nitrogens with zero attached hydrogens (tertiary/aromatic N) is 2. The first-order chi connectivity index (χ1) is 12.9. The van der Waals surface area contributed by atoms with E-state index in [9.17, 15) is 13.2 Å². The summed E-state index contributed by atoms with van der Waals surface area (Å²) in [7, 11) is -3.00. The van der Waals surface area contributed by atoms with Crippen molar-refractivity contribution < 1.29 is 13.2 Å². The van der Waals surface area contributed by atoms with Crippen LogP contribution in [0.1, 0.15) is 17.9 Å². The van der Waals surface area contributed by atoms with Gasteiger partial charge in [-0.2, -0.15) is 0 Å². The summed E-state index contributed by atoms with van der Waals surface area (Å²) in [4.78, 5) is 18.7. The van der Waals surface area contributed by atoms with E-state index in [4.69, 9.17) is 0 Å². The number of carbonyl (C=O) groups excluding carboxylic acids is 1. The minimum Gasteiger partial charge on any atom is -0.370 e. The van der Waals surface area contributed by atoms with Gasteiger partial charge in [-0.1, -0.05) is 18.2 Å². The minimum atomic E-state index is -3.00. The molecule has 27 heavy (non-hydrogen) atoms. The normalized spacial score (nSPS) is 22.3. The number of amides is 1. The Morgan fingerprint density at radius 3 is 2.59 bits per heavy atom. The number of fused-ring (bicyclic) bond motifs is 1. The van der Waals surface area contributed by atoms with Crippen LogP contribution in [0, 0.1) is 0 Å². The van der Waals surface area contributed by atoms with Gasteiger partial charge in [0.05, 0.1) is 10.9 Å². The van der Waals surface area contributed by atoms with Gasteiger partial charge in [-0.25, -0.2) is 8.42 Å². The fraction of sp³-hybridized carbons (Fsp3) is 0.300. The van der Waals surface area contributed by atoms with Crippen LogP contribution in [0.2, 0.25) is 0 Å². The van der Waals surface area contributed by atoms with E-state index in [-0.39, 0.29) is 17.1 Å². The van der Waals surface area contributed by atoms with Crippen molar-refractivity contribution in [2.24, 2.45) is 4.99 Å². The molecule has 140 valence electrons. The molecule has 0 saturated carbocycles. The molecule has 0 bridgehead atoms.